The quantitative estimate of drug-likeness (QED) is 0.510. The van der Waals surface area contributed by atoms with Crippen molar-refractivity contribution in [1.82, 2.24) is 0 Å². The third-order valence-corrected chi connectivity index (χ3v) is 3.84. The summed E-state index contributed by atoms with van der Waals surface area (Å²) in [5, 5.41) is 9.83. The van der Waals surface area contributed by atoms with E-state index in [1.165, 1.54) is 20.9 Å². The van der Waals surface area contributed by atoms with E-state index < -0.39 is 25.9 Å². The van der Waals surface area contributed by atoms with Crippen molar-refractivity contribution in [2.45, 2.75) is 24.3 Å². The van der Waals surface area contributed by atoms with Crippen LogP contribution >= 0.6 is 7.60 Å². The molecule has 0 spiro atoms. The second-order valence-corrected chi connectivity index (χ2v) is 5.97. The molecule has 0 saturated carbocycles. The van der Waals surface area contributed by atoms with Crippen LogP contribution < -0.4 is 0 Å². The third kappa shape index (κ3) is 3.29. The summed E-state index contributed by atoms with van der Waals surface area (Å²) < 4.78 is 32.1. The van der Waals surface area contributed by atoms with Crippen LogP contribution in [0.4, 0.5) is 0 Å². The van der Waals surface area contributed by atoms with Crippen molar-refractivity contribution in [3.8, 4) is 0 Å². The fourth-order valence-corrected chi connectivity index (χ4v) is 2.40. The zero-order chi connectivity index (χ0) is 12.3. The van der Waals surface area contributed by atoms with Crippen molar-refractivity contribution < 1.29 is 28.2 Å². The Morgan fingerprint density at radius 2 is 2.12 bits per heavy atom. The van der Waals surface area contributed by atoms with E-state index in [-0.39, 0.29) is 12.6 Å². The molecule has 6 nitrogen and oxygen atoms in total. The molecule has 0 aromatic heterocycles. The number of hydrogen-bond donors (Lipinski definition) is 1. The summed E-state index contributed by atoms with van der Waals surface area (Å²) in [6.45, 7) is 1.63. The molecule has 1 N–H and O–H groups in total. The topological polar surface area (TPSA) is 74.2 Å². The first kappa shape index (κ1) is 14.2. The molecule has 5 atom stereocenters. The van der Waals surface area contributed by atoms with Gasteiger partial charge in [-0.15, -0.1) is 0 Å². The minimum atomic E-state index is -3.14. The Labute approximate surface area is 96.2 Å². The number of hydrogen-bond acceptors (Lipinski definition) is 6. The highest BCUT2D eigenvalue weighted by atomic mass is 31.2. The van der Waals surface area contributed by atoms with Gasteiger partial charge in [-0.05, 0) is 0 Å². The number of aliphatic hydroxyl groups is 1. The number of aliphatic hydroxyl groups excluding tert-OH is 1. The van der Waals surface area contributed by atoms with Gasteiger partial charge in [-0.1, -0.05) is 0 Å². The van der Waals surface area contributed by atoms with E-state index in [2.05, 4.69) is 0 Å². The summed E-state index contributed by atoms with van der Waals surface area (Å²) in [6.07, 6.45) is -1.95. The van der Waals surface area contributed by atoms with Crippen molar-refractivity contribution in [2.24, 2.45) is 0 Å². The molecule has 94 valence electrons. The molecule has 0 bridgehead atoms. The highest BCUT2D eigenvalue weighted by Crippen LogP contribution is 2.46. The van der Waals surface area contributed by atoms with Crippen LogP contribution in [-0.4, -0.2) is 64.8 Å². The van der Waals surface area contributed by atoms with Gasteiger partial charge in [0.05, 0.1) is 12.6 Å². The lowest BCUT2D eigenvalue weighted by atomic mass is 9.93. The Kier molecular flexibility index (Phi) is 4.97. The Morgan fingerprint density at radius 3 is 2.62 bits per heavy atom. The monoisotopic (exact) mass is 252 g/mol. The number of methoxy groups -OCH3 is 1. The molecule has 1 saturated heterocycles. The van der Waals surface area contributed by atoms with Crippen molar-refractivity contribution in [3.05, 3.63) is 0 Å². The number of rotatable bonds is 5. The van der Waals surface area contributed by atoms with Crippen LogP contribution in [-0.2, 0) is 23.1 Å². The third-order valence-electron chi connectivity index (χ3n) is 2.55. The minimum Gasteiger partial charge on any atom is -0.388 e. The zero-order valence-corrected chi connectivity index (χ0v) is 10.8. The summed E-state index contributed by atoms with van der Waals surface area (Å²) in [5.41, 5.74) is 0. The standard InChI is InChI=1S/C8H18BO6P/c1-12-4-5-7(6(10)8(9)14-5)15-16(3,11)13-2/h5-8,10H,4,9H2,1-3H3/t5-,6+,7?,8-,16?/m1/s1. The Balaban J connectivity index is 2.70. The highest BCUT2D eigenvalue weighted by Gasteiger charge is 2.44. The van der Waals surface area contributed by atoms with Crippen molar-refractivity contribution in [3.63, 3.8) is 0 Å². The first-order valence-corrected chi connectivity index (χ1v) is 7.04. The van der Waals surface area contributed by atoms with Crippen molar-refractivity contribution in [1.29, 1.82) is 0 Å². The van der Waals surface area contributed by atoms with Crippen LogP contribution in [0.2, 0.25) is 0 Å². The van der Waals surface area contributed by atoms with Crippen molar-refractivity contribution in [2.75, 3.05) is 27.5 Å². The van der Waals surface area contributed by atoms with Crippen LogP contribution in [0.1, 0.15) is 0 Å². The summed E-state index contributed by atoms with van der Waals surface area (Å²) in [7, 11) is 1.41. The molecule has 16 heavy (non-hydrogen) atoms. The minimum absolute atomic E-state index is 0.274. The van der Waals surface area contributed by atoms with E-state index in [1.54, 1.807) is 7.85 Å². The van der Waals surface area contributed by atoms with Crippen LogP contribution in [0, 0.1) is 0 Å². The fourth-order valence-electron chi connectivity index (χ4n) is 1.61. The van der Waals surface area contributed by atoms with Gasteiger partial charge in [0.15, 0.2) is 0 Å². The van der Waals surface area contributed by atoms with Gasteiger partial charge < -0.3 is 19.1 Å². The lowest BCUT2D eigenvalue weighted by Gasteiger charge is -2.23. The Hall–Kier alpha value is 0.0949. The second kappa shape index (κ2) is 5.62. The van der Waals surface area contributed by atoms with Gasteiger partial charge in [0.25, 0.3) is 0 Å². The molecular formula is C8H18BO6P. The molecule has 0 amide bonds. The molecule has 1 rings (SSSR count). The first-order chi connectivity index (χ1) is 7.41. The van der Waals surface area contributed by atoms with Gasteiger partial charge >= 0.3 is 7.60 Å². The maximum atomic E-state index is 11.7. The average Bonchev–Trinajstić information content (AvgIpc) is 2.47. The average molecular weight is 252 g/mol. The molecule has 1 aliphatic heterocycles. The molecular weight excluding hydrogens is 234 g/mol. The summed E-state index contributed by atoms with van der Waals surface area (Å²) in [5.74, 6) is 0. The van der Waals surface area contributed by atoms with Gasteiger partial charge in [-0.25, -0.2) is 0 Å². The molecule has 1 aliphatic rings. The molecule has 0 aromatic carbocycles. The Morgan fingerprint density at radius 1 is 1.50 bits per heavy atom. The molecule has 0 aromatic rings. The molecule has 1 fully saturated rings. The lowest BCUT2D eigenvalue weighted by Crippen LogP contribution is -2.36. The van der Waals surface area contributed by atoms with E-state index in [9.17, 15) is 9.67 Å². The zero-order valence-electron chi connectivity index (χ0n) is 9.95. The smallest absolute Gasteiger partial charge is 0.327 e. The first-order valence-electron chi connectivity index (χ1n) is 5.05. The maximum Gasteiger partial charge on any atom is 0.327 e. The molecule has 1 heterocycles. The van der Waals surface area contributed by atoms with Crippen LogP contribution in [0.3, 0.4) is 0 Å². The van der Waals surface area contributed by atoms with Gasteiger partial charge in [0.1, 0.15) is 26.2 Å². The normalized spacial score (nSPS) is 38.5. The predicted molar refractivity (Wildman–Crippen MR) is 60.5 cm³/mol. The van der Waals surface area contributed by atoms with E-state index in [1.807, 2.05) is 0 Å². The highest BCUT2D eigenvalue weighted by molar-refractivity contribution is 7.52. The van der Waals surface area contributed by atoms with E-state index in [4.69, 9.17) is 18.5 Å². The van der Waals surface area contributed by atoms with Gasteiger partial charge in [-0.2, -0.15) is 0 Å². The van der Waals surface area contributed by atoms with E-state index in [0.29, 0.717) is 0 Å². The maximum absolute atomic E-state index is 11.7. The van der Waals surface area contributed by atoms with Gasteiger partial charge in [-0.3, -0.25) is 9.09 Å². The largest absolute Gasteiger partial charge is 0.388 e. The summed E-state index contributed by atoms with van der Waals surface area (Å²) in [6, 6.07) is -0.373. The Bertz CT molecular complexity index is 275. The van der Waals surface area contributed by atoms with E-state index in [0.717, 1.165) is 0 Å². The SMILES string of the molecule is B[C@@H]1O[C@H](COC)C(OP(C)(=O)OC)[C@@H]1O. The summed E-state index contributed by atoms with van der Waals surface area (Å²) in [4.78, 5) is 0. The van der Waals surface area contributed by atoms with Crippen molar-refractivity contribution >= 4 is 15.4 Å². The number of ether oxygens (including phenoxy) is 2. The van der Waals surface area contributed by atoms with Crippen LogP contribution in [0.5, 0.6) is 0 Å². The van der Waals surface area contributed by atoms with Gasteiger partial charge in [0, 0.05) is 20.9 Å². The van der Waals surface area contributed by atoms with Gasteiger partial charge in [0.2, 0.25) is 0 Å². The molecule has 2 unspecified atom stereocenters. The lowest BCUT2D eigenvalue weighted by molar-refractivity contribution is -0.0153. The molecule has 0 aliphatic carbocycles. The van der Waals surface area contributed by atoms with E-state index >= 15 is 0 Å². The van der Waals surface area contributed by atoms with Crippen LogP contribution in [0.25, 0.3) is 0 Å². The predicted octanol–water partition coefficient (Wildman–Crippen LogP) is -0.794. The fraction of sp³-hybridized carbons (Fsp3) is 1.00. The summed E-state index contributed by atoms with van der Waals surface area (Å²) >= 11 is 0. The molecule has 0 radical (unpaired) electrons. The molecule has 8 heteroatoms. The van der Waals surface area contributed by atoms with Crippen LogP contribution in [0.15, 0.2) is 0 Å². The second-order valence-electron chi connectivity index (χ2n) is 3.85.